The summed E-state index contributed by atoms with van der Waals surface area (Å²) in [5, 5.41) is 30.1. The van der Waals surface area contributed by atoms with E-state index < -0.39 is 36.4 Å². The Hall–Kier alpha value is -4.67. The second-order valence-electron chi connectivity index (χ2n) is 10.8. The van der Waals surface area contributed by atoms with Gasteiger partial charge in [-0.3, -0.25) is 19.2 Å². The van der Waals surface area contributed by atoms with E-state index in [4.69, 9.17) is 34.7 Å². The van der Waals surface area contributed by atoms with E-state index in [1.807, 2.05) is 35.9 Å². The van der Waals surface area contributed by atoms with E-state index >= 15 is 0 Å². The van der Waals surface area contributed by atoms with Crippen LogP contribution in [0.25, 0.3) is 11.3 Å². The van der Waals surface area contributed by atoms with Gasteiger partial charge in [0.1, 0.15) is 5.82 Å². The number of piperidine rings is 1. The van der Waals surface area contributed by atoms with Crippen LogP contribution in [0, 0.1) is 0 Å². The van der Waals surface area contributed by atoms with Gasteiger partial charge in [0.2, 0.25) is 0 Å². The largest absolute Gasteiger partial charge is 0.490 e. The van der Waals surface area contributed by atoms with Gasteiger partial charge < -0.3 is 19.9 Å². The first-order valence-electron chi connectivity index (χ1n) is 14.3. The number of likely N-dealkylation sites (tertiary alicyclic amines) is 1. The Bertz CT molecular complexity index is 1530. The van der Waals surface area contributed by atoms with Gasteiger partial charge in [-0.1, -0.05) is 6.92 Å². The maximum Gasteiger partial charge on any atom is 0.490 e. The highest BCUT2D eigenvalue weighted by molar-refractivity contribution is 5.73. The van der Waals surface area contributed by atoms with E-state index in [2.05, 4.69) is 50.1 Å². The Morgan fingerprint density at radius 2 is 1.20 bits per heavy atom. The number of likely N-dealkylation sites (N-methyl/N-ethyl adjacent to an activating group) is 1. The fourth-order valence-corrected chi connectivity index (χ4v) is 5.23. The van der Waals surface area contributed by atoms with E-state index in [0.717, 1.165) is 57.7 Å². The van der Waals surface area contributed by atoms with Crippen molar-refractivity contribution in [2.75, 3.05) is 26.2 Å². The monoisotopic (exact) mass is 736 g/mol. The molecule has 3 N–H and O–H groups in total. The molecule has 0 saturated carbocycles. The van der Waals surface area contributed by atoms with Crippen LogP contribution in [0.15, 0.2) is 31.0 Å². The number of hydrogen-bond donors (Lipinski definition) is 3. The summed E-state index contributed by atoms with van der Waals surface area (Å²) in [6.07, 6.45) is -2.84. The molecule has 1 spiro atoms. The van der Waals surface area contributed by atoms with E-state index in [1.165, 1.54) is 17.1 Å². The summed E-state index contributed by atoms with van der Waals surface area (Å²) in [6.45, 7) is 8.57. The molecule has 1 saturated heterocycles. The predicted molar refractivity (Wildman–Crippen MR) is 152 cm³/mol. The number of carboxylic acid groups (broad SMARTS) is 3. The highest BCUT2D eigenvalue weighted by atomic mass is 19.4. The van der Waals surface area contributed by atoms with Crippen LogP contribution in [0.5, 0.6) is 0 Å². The summed E-state index contributed by atoms with van der Waals surface area (Å²) in [4.78, 5) is 36.9. The summed E-state index contributed by atoms with van der Waals surface area (Å²) in [7, 11) is 3.95. The summed E-state index contributed by atoms with van der Waals surface area (Å²) >= 11 is 0. The molecule has 3 aromatic rings. The zero-order chi connectivity index (χ0) is 38.2. The average Bonchev–Trinajstić information content (AvgIpc) is 3.74. The Labute approximate surface area is 277 Å². The molecule has 23 heteroatoms. The lowest BCUT2D eigenvalue weighted by atomic mass is 9.83. The number of aromatic nitrogens is 6. The second kappa shape index (κ2) is 16.4. The quantitative estimate of drug-likeness (QED) is 0.334. The first kappa shape index (κ1) is 41.5. The Morgan fingerprint density at radius 1 is 0.740 bits per heavy atom. The number of alkyl halides is 9. The summed E-state index contributed by atoms with van der Waals surface area (Å²) in [5.41, 5.74) is 3.68. The molecule has 1 fully saturated rings. The molecule has 5 heterocycles. The van der Waals surface area contributed by atoms with Gasteiger partial charge in [-0.25, -0.2) is 19.4 Å². The minimum Gasteiger partial charge on any atom is -0.475 e. The smallest absolute Gasteiger partial charge is 0.475 e. The van der Waals surface area contributed by atoms with Crippen molar-refractivity contribution >= 4 is 17.9 Å². The van der Waals surface area contributed by atoms with Gasteiger partial charge in [0.15, 0.2) is 0 Å². The SMILES string of the molecule is CCN1CCn2c(-c3cnn(C)c3)cnc2C12CCN(Cc1cnn(C)c1)CC2.O=C(O)C(F)(F)F.O=C(O)C(F)(F)F.O=C(O)C(F)(F)F. The molecular formula is C27H33F9N8O6. The second-order valence-corrected chi connectivity index (χ2v) is 10.8. The predicted octanol–water partition coefficient (Wildman–Crippen LogP) is 3.74. The number of hydrogen-bond acceptors (Lipinski definition) is 8. The third-order valence-corrected chi connectivity index (χ3v) is 7.43. The normalized spacial score (nSPS) is 16.2. The van der Waals surface area contributed by atoms with Gasteiger partial charge in [-0.2, -0.15) is 49.7 Å². The highest BCUT2D eigenvalue weighted by Gasteiger charge is 2.46. The molecule has 0 bridgehead atoms. The van der Waals surface area contributed by atoms with Crippen LogP contribution < -0.4 is 0 Å². The number of imidazole rings is 1. The molecular weight excluding hydrogens is 703 g/mol. The van der Waals surface area contributed by atoms with Crippen molar-refractivity contribution < 1.29 is 69.2 Å². The maximum atomic E-state index is 10.6. The average molecular weight is 737 g/mol. The van der Waals surface area contributed by atoms with Gasteiger partial charge in [-0.05, 0) is 19.4 Å². The van der Waals surface area contributed by atoms with Crippen LogP contribution in [0.2, 0.25) is 0 Å². The van der Waals surface area contributed by atoms with Crippen LogP contribution in [-0.4, -0.2) is 117 Å². The molecule has 0 atom stereocenters. The van der Waals surface area contributed by atoms with Crippen molar-refractivity contribution in [3.05, 3.63) is 42.4 Å². The molecule has 2 aliphatic rings. The van der Waals surface area contributed by atoms with Crippen molar-refractivity contribution in [3.63, 3.8) is 0 Å². The van der Waals surface area contributed by atoms with Gasteiger partial charge in [0.05, 0.1) is 29.8 Å². The van der Waals surface area contributed by atoms with E-state index in [9.17, 15) is 39.5 Å². The summed E-state index contributed by atoms with van der Waals surface area (Å²) in [6, 6.07) is 0. The van der Waals surface area contributed by atoms with Crippen molar-refractivity contribution in [1.82, 2.24) is 38.9 Å². The van der Waals surface area contributed by atoms with Crippen LogP contribution in [0.3, 0.4) is 0 Å². The molecule has 3 aromatic heterocycles. The van der Waals surface area contributed by atoms with E-state index in [-0.39, 0.29) is 5.54 Å². The van der Waals surface area contributed by atoms with E-state index in [1.54, 1.807) is 0 Å². The maximum absolute atomic E-state index is 10.6. The van der Waals surface area contributed by atoms with Gasteiger partial charge in [0, 0.05) is 70.3 Å². The fourth-order valence-electron chi connectivity index (χ4n) is 5.23. The number of carbonyl (C=O) groups is 3. The number of halogens is 9. The third kappa shape index (κ3) is 11.2. The van der Waals surface area contributed by atoms with Crippen molar-refractivity contribution in [1.29, 1.82) is 0 Å². The van der Waals surface area contributed by atoms with Crippen molar-refractivity contribution in [2.24, 2.45) is 14.1 Å². The lowest BCUT2D eigenvalue weighted by Gasteiger charge is -2.50. The molecule has 14 nitrogen and oxygen atoms in total. The van der Waals surface area contributed by atoms with Gasteiger partial charge in [0.25, 0.3) is 0 Å². The van der Waals surface area contributed by atoms with Crippen LogP contribution in [0.4, 0.5) is 39.5 Å². The molecule has 0 aliphatic carbocycles. The molecule has 280 valence electrons. The number of aliphatic carboxylic acids is 3. The van der Waals surface area contributed by atoms with Gasteiger partial charge in [-0.15, -0.1) is 0 Å². The first-order chi connectivity index (χ1) is 22.9. The zero-order valence-corrected chi connectivity index (χ0v) is 26.6. The van der Waals surface area contributed by atoms with Crippen molar-refractivity contribution in [3.8, 4) is 11.3 Å². The van der Waals surface area contributed by atoms with Crippen LogP contribution >= 0.6 is 0 Å². The Balaban J connectivity index is 0.000000338. The summed E-state index contributed by atoms with van der Waals surface area (Å²) < 4.78 is 101. The minimum absolute atomic E-state index is 0.0406. The lowest BCUT2D eigenvalue weighted by molar-refractivity contribution is -0.193. The Morgan fingerprint density at radius 3 is 1.58 bits per heavy atom. The fraction of sp³-hybridized carbons (Fsp3) is 0.556. The lowest BCUT2D eigenvalue weighted by Crippen LogP contribution is -2.57. The molecule has 0 amide bonds. The van der Waals surface area contributed by atoms with Crippen LogP contribution in [0.1, 0.15) is 31.2 Å². The van der Waals surface area contributed by atoms with Crippen LogP contribution in [-0.2, 0) is 47.1 Å². The molecule has 0 unspecified atom stereocenters. The highest BCUT2D eigenvalue weighted by Crippen LogP contribution is 2.42. The number of fused-ring (bicyclic) bond motifs is 2. The minimum atomic E-state index is -5.08. The zero-order valence-electron chi connectivity index (χ0n) is 26.6. The summed E-state index contributed by atoms with van der Waals surface area (Å²) in [5.74, 6) is -7.03. The standard InChI is InChI=1S/C21H30N8.3C2HF3O2/c1-4-28-9-10-29-19(18-12-24-26(3)16-18)13-22-20(29)21(28)5-7-27(8-6-21)15-17-11-23-25(2)14-17;3*3-2(4,5)1(6)7/h11-14,16H,4-10,15H2,1-3H3;3*(H,6,7). The van der Waals surface area contributed by atoms with Gasteiger partial charge >= 0.3 is 36.4 Å². The number of carboxylic acids is 3. The molecule has 0 radical (unpaired) electrons. The number of aryl methyl sites for hydroxylation is 2. The van der Waals surface area contributed by atoms with E-state index in [0.29, 0.717) is 0 Å². The molecule has 0 aromatic carbocycles. The topological polar surface area (TPSA) is 172 Å². The molecule has 2 aliphatic heterocycles. The molecule has 50 heavy (non-hydrogen) atoms. The molecule has 5 rings (SSSR count). The Kier molecular flexibility index (Phi) is 13.6. The van der Waals surface area contributed by atoms with Crippen molar-refractivity contribution in [2.45, 2.75) is 56.9 Å². The number of rotatable bonds is 4. The first-order valence-corrected chi connectivity index (χ1v) is 14.3. The third-order valence-electron chi connectivity index (χ3n) is 7.43. The number of nitrogens with zero attached hydrogens (tertiary/aromatic N) is 8.